The van der Waals surface area contributed by atoms with Crippen LogP contribution in [0.5, 0.6) is 0 Å². The van der Waals surface area contributed by atoms with E-state index in [0.29, 0.717) is 0 Å². The SMILES string of the molecule is COC(=O)C1C(C)[C@H]2C=C[C@@H]1O2. The molecule has 2 rings (SSSR count). The third-order valence-electron chi connectivity index (χ3n) is 2.72. The van der Waals surface area contributed by atoms with Gasteiger partial charge in [0.05, 0.1) is 25.2 Å². The summed E-state index contributed by atoms with van der Waals surface area (Å²) in [7, 11) is 1.42. The van der Waals surface area contributed by atoms with Gasteiger partial charge in [0.1, 0.15) is 0 Å². The van der Waals surface area contributed by atoms with Gasteiger partial charge in [-0.3, -0.25) is 4.79 Å². The molecule has 2 aliphatic heterocycles. The molecule has 0 N–H and O–H groups in total. The van der Waals surface area contributed by atoms with E-state index in [2.05, 4.69) is 0 Å². The van der Waals surface area contributed by atoms with Gasteiger partial charge in [0.2, 0.25) is 0 Å². The topological polar surface area (TPSA) is 35.5 Å². The van der Waals surface area contributed by atoms with Gasteiger partial charge in [-0.05, 0) is 0 Å². The lowest BCUT2D eigenvalue weighted by atomic mass is 9.84. The second-order valence-electron chi connectivity index (χ2n) is 3.36. The van der Waals surface area contributed by atoms with Crippen LogP contribution in [0.4, 0.5) is 0 Å². The van der Waals surface area contributed by atoms with Crippen LogP contribution in [-0.2, 0) is 14.3 Å². The number of carbonyl (C=O) groups excluding carboxylic acids is 1. The molecule has 0 amide bonds. The molecule has 1 fully saturated rings. The Morgan fingerprint density at radius 1 is 1.42 bits per heavy atom. The minimum Gasteiger partial charge on any atom is -0.469 e. The lowest BCUT2D eigenvalue weighted by molar-refractivity contribution is -0.147. The number of ether oxygens (including phenoxy) is 2. The maximum atomic E-state index is 11.3. The van der Waals surface area contributed by atoms with Crippen molar-refractivity contribution < 1.29 is 14.3 Å². The predicted octanol–water partition coefficient (Wildman–Crippen LogP) is 0.749. The quantitative estimate of drug-likeness (QED) is 0.428. The van der Waals surface area contributed by atoms with E-state index in [1.165, 1.54) is 7.11 Å². The molecule has 2 aliphatic rings. The van der Waals surface area contributed by atoms with Gasteiger partial charge in [-0.25, -0.2) is 0 Å². The van der Waals surface area contributed by atoms with E-state index in [1.54, 1.807) is 0 Å². The summed E-state index contributed by atoms with van der Waals surface area (Å²) in [6, 6.07) is 0. The predicted molar refractivity (Wildman–Crippen MR) is 42.5 cm³/mol. The number of methoxy groups -OCH3 is 1. The first-order valence-electron chi connectivity index (χ1n) is 4.15. The zero-order chi connectivity index (χ0) is 8.72. The van der Waals surface area contributed by atoms with Crippen LogP contribution >= 0.6 is 0 Å². The highest BCUT2D eigenvalue weighted by molar-refractivity contribution is 5.74. The Morgan fingerprint density at radius 3 is 2.58 bits per heavy atom. The van der Waals surface area contributed by atoms with Crippen molar-refractivity contribution in [3.63, 3.8) is 0 Å². The molecule has 0 radical (unpaired) electrons. The molecule has 4 atom stereocenters. The van der Waals surface area contributed by atoms with Crippen LogP contribution in [0.15, 0.2) is 12.2 Å². The molecule has 0 aliphatic carbocycles. The van der Waals surface area contributed by atoms with E-state index < -0.39 is 0 Å². The summed E-state index contributed by atoms with van der Waals surface area (Å²) in [5.41, 5.74) is 0. The molecule has 12 heavy (non-hydrogen) atoms. The zero-order valence-corrected chi connectivity index (χ0v) is 7.19. The molecule has 1 saturated heterocycles. The first-order chi connectivity index (χ1) is 5.74. The molecule has 2 bridgehead atoms. The van der Waals surface area contributed by atoms with Crippen molar-refractivity contribution in [3.05, 3.63) is 12.2 Å². The van der Waals surface area contributed by atoms with Crippen molar-refractivity contribution in [2.24, 2.45) is 11.8 Å². The average molecular weight is 168 g/mol. The Labute approximate surface area is 71.3 Å². The largest absolute Gasteiger partial charge is 0.469 e. The third-order valence-corrected chi connectivity index (χ3v) is 2.72. The van der Waals surface area contributed by atoms with Gasteiger partial charge >= 0.3 is 5.97 Å². The normalized spacial score (nSPS) is 43.5. The highest BCUT2D eigenvalue weighted by Gasteiger charge is 2.47. The molecule has 3 heteroatoms. The highest BCUT2D eigenvalue weighted by Crippen LogP contribution is 2.39. The Kier molecular flexibility index (Phi) is 1.68. The maximum absolute atomic E-state index is 11.3. The van der Waals surface area contributed by atoms with Crippen LogP contribution in [0.1, 0.15) is 6.92 Å². The van der Waals surface area contributed by atoms with Crippen LogP contribution in [0, 0.1) is 11.8 Å². The molecular formula is C9H12O3. The van der Waals surface area contributed by atoms with Gasteiger partial charge < -0.3 is 9.47 Å². The molecule has 3 nitrogen and oxygen atoms in total. The van der Waals surface area contributed by atoms with Crippen molar-refractivity contribution in [1.82, 2.24) is 0 Å². The summed E-state index contributed by atoms with van der Waals surface area (Å²) >= 11 is 0. The number of carbonyl (C=O) groups is 1. The minimum atomic E-state index is -0.153. The van der Waals surface area contributed by atoms with Crippen LogP contribution in [-0.4, -0.2) is 25.3 Å². The fraction of sp³-hybridized carbons (Fsp3) is 0.667. The summed E-state index contributed by atoms with van der Waals surface area (Å²) in [4.78, 5) is 11.3. The van der Waals surface area contributed by atoms with Gasteiger partial charge in [0, 0.05) is 5.92 Å². The number of hydrogen-bond acceptors (Lipinski definition) is 3. The minimum absolute atomic E-state index is 0.0440. The summed E-state index contributed by atoms with van der Waals surface area (Å²) in [6.45, 7) is 2.02. The maximum Gasteiger partial charge on any atom is 0.312 e. The molecular weight excluding hydrogens is 156 g/mol. The molecule has 66 valence electrons. The third kappa shape index (κ3) is 0.894. The van der Waals surface area contributed by atoms with Gasteiger partial charge in [-0.1, -0.05) is 19.1 Å². The van der Waals surface area contributed by atoms with E-state index >= 15 is 0 Å². The summed E-state index contributed by atoms with van der Waals surface area (Å²) < 4.78 is 10.2. The average Bonchev–Trinajstić information content (AvgIpc) is 2.63. The van der Waals surface area contributed by atoms with E-state index in [9.17, 15) is 4.79 Å². The standard InChI is InChI=1S/C9H12O3/c1-5-6-3-4-7(12-6)8(5)9(10)11-2/h3-8H,1-2H3/t5?,6-,7+,8?/m1/s1. The van der Waals surface area contributed by atoms with E-state index in [4.69, 9.17) is 9.47 Å². The van der Waals surface area contributed by atoms with Gasteiger partial charge in [-0.15, -0.1) is 0 Å². The van der Waals surface area contributed by atoms with Crippen LogP contribution < -0.4 is 0 Å². The smallest absolute Gasteiger partial charge is 0.312 e. The molecule has 0 spiro atoms. The molecule has 2 unspecified atom stereocenters. The van der Waals surface area contributed by atoms with Crippen molar-refractivity contribution in [2.75, 3.05) is 7.11 Å². The Balaban J connectivity index is 2.18. The van der Waals surface area contributed by atoms with Crippen LogP contribution in [0.25, 0.3) is 0 Å². The number of fused-ring (bicyclic) bond motifs is 2. The van der Waals surface area contributed by atoms with Crippen molar-refractivity contribution in [2.45, 2.75) is 19.1 Å². The van der Waals surface area contributed by atoms with E-state index in [1.807, 2.05) is 19.1 Å². The highest BCUT2D eigenvalue weighted by atomic mass is 16.5. The lowest BCUT2D eigenvalue weighted by Crippen LogP contribution is -2.30. The van der Waals surface area contributed by atoms with Gasteiger partial charge in [-0.2, -0.15) is 0 Å². The second-order valence-corrected chi connectivity index (χ2v) is 3.36. The summed E-state index contributed by atoms with van der Waals surface area (Å²) in [6.07, 6.45) is 4.05. The van der Waals surface area contributed by atoms with E-state index in [0.717, 1.165) is 0 Å². The number of esters is 1. The molecule has 2 heterocycles. The van der Waals surface area contributed by atoms with Crippen LogP contribution in [0.3, 0.4) is 0 Å². The Morgan fingerprint density at radius 2 is 2.08 bits per heavy atom. The summed E-state index contributed by atoms with van der Waals surface area (Å²) in [5, 5.41) is 0. The molecule has 0 aromatic heterocycles. The van der Waals surface area contributed by atoms with Crippen molar-refractivity contribution in [3.8, 4) is 0 Å². The first kappa shape index (κ1) is 7.80. The Bertz CT molecular complexity index is 234. The lowest BCUT2D eigenvalue weighted by Gasteiger charge is -2.18. The molecule has 0 aromatic rings. The van der Waals surface area contributed by atoms with Crippen LogP contribution in [0.2, 0.25) is 0 Å². The molecule has 0 saturated carbocycles. The van der Waals surface area contributed by atoms with Gasteiger partial charge in [0.25, 0.3) is 0 Å². The first-order valence-corrected chi connectivity index (χ1v) is 4.15. The van der Waals surface area contributed by atoms with E-state index in [-0.39, 0.29) is 30.0 Å². The Hall–Kier alpha value is -0.830. The van der Waals surface area contributed by atoms with Gasteiger partial charge in [0.15, 0.2) is 0 Å². The van der Waals surface area contributed by atoms with Crippen molar-refractivity contribution in [1.29, 1.82) is 0 Å². The zero-order valence-electron chi connectivity index (χ0n) is 7.19. The number of hydrogen-bond donors (Lipinski definition) is 0. The molecule has 0 aromatic carbocycles. The summed E-state index contributed by atoms with van der Waals surface area (Å²) in [5.74, 6) is 0.0109. The fourth-order valence-electron chi connectivity index (χ4n) is 1.98. The fourth-order valence-corrected chi connectivity index (χ4v) is 1.98. The second kappa shape index (κ2) is 2.59. The monoisotopic (exact) mass is 168 g/mol. The van der Waals surface area contributed by atoms with Crippen molar-refractivity contribution >= 4 is 5.97 Å². The number of rotatable bonds is 1.